The molecule has 0 aliphatic heterocycles. The number of aromatic nitrogens is 2. The van der Waals surface area contributed by atoms with Crippen LogP contribution in [0.1, 0.15) is 10.4 Å². The van der Waals surface area contributed by atoms with Crippen molar-refractivity contribution < 1.29 is 4.79 Å². The lowest BCUT2D eigenvalue weighted by Crippen LogP contribution is -2.33. The lowest BCUT2D eigenvalue weighted by molar-refractivity contribution is 0.0953. The summed E-state index contributed by atoms with van der Waals surface area (Å²) in [6.45, 7) is 0.608. The van der Waals surface area contributed by atoms with E-state index in [1.165, 1.54) is 6.20 Å². The number of rotatable bonds is 4. The average molecular weight is 293 g/mol. The monoisotopic (exact) mass is 292 g/mol. The molecule has 0 aliphatic rings. The Bertz CT molecular complexity index is 667. The maximum atomic E-state index is 11.9. The first-order valence-corrected chi connectivity index (χ1v) is 6.33. The van der Waals surface area contributed by atoms with Crippen LogP contribution in [0.3, 0.4) is 0 Å². The van der Waals surface area contributed by atoms with Gasteiger partial charge >= 0.3 is 0 Å². The van der Waals surface area contributed by atoms with E-state index in [1.807, 2.05) is 0 Å². The topological polar surface area (TPSA) is 101 Å². The molecule has 2 rings (SSSR count). The zero-order valence-corrected chi connectivity index (χ0v) is 11.3. The Morgan fingerprint density at radius 1 is 1.35 bits per heavy atom. The van der Waals surface area contributed by atoms with Gasteiger partial charge in [0.2, 0.25) is 0 Å². The number of carbonyl (C=O) groups is 1. The standard InChI is InChI=1S/C13H13ClN4O2/c14-9-3-1-8(2-4-9)11-17-7-10(13(20)18-11)12(19)16-6-5-15/h1-4,7H,5-6,15H2,(H,16,19)(H,17,18,20). The highest BCUT2D eigenvalue weighted by Gasteiger charge is 2.11. The Labute approximate surface area is 120 Å². The van der Waals surface area contributed by atoms with Gasteiger partial charge in [0, 0.05) is 29.9 Å². The summed E-state index contributed by atoms with van der Waals surface area (Å²) in [6, 6.07) is 6.85. The van der Waals surface area contributed by atoms with E-state index in [2.05, 4.69) is 15.3 Å². The number of nitrogens with one attached hydrogen (secondary N) is 2. The van der Waals surface area contributed by atoms with Crippen molar-refractivity contribution in [1.82, 2.24) is 15.3 Å². The molecule has 1 aromatic heterocycles. The van der Waals surface area contributed by atoms with Crippen LogP contribution >= 0.6 is 11.6 Å². The number of amides is 1. The number of nitrogens with zero attached hydrogens (tertiary/aromatic N) is 1. The molecule has 20 heavy (non-hydrogen) atoms. The fourth-order valence-electron chi connectivity index (χ4n) is 1.59. The average Bonchev–Trinajstić information content (AvgIpc) is 2.45. The van der Waals surface area contributed by atoms with Gasteiger partial charge < -0.3 is 16.0 Å². The van der Waals surface area contributed by atoms with Crippen molar-refractivity contribution in [3.05, 3.63) is 51.4 Å². The summed E-state index contributed by atoms with van der Waals surface area (Å²) in [5.74, 6) is -0.117. The Hall–Kier alpha value is -2.18. The zero-order chi connectivity index (χ0) is 14.5. The van der Waals surface area contributed by atoms with Gasteiger partial charge in [-0.3, -0.25) is 9.59 Å². The summed E-state index contributed by atoms with van der Waals surface area (Å²) >= 11 is 5.79. The number of aromatic amines is 1. The summed E-state index contributed by atoms with van der Waals surface area (Å²) in [7, 11) is 0. The van der Waals surface area contributed by atoms with Crippen LogP contribution in [0.4, 0.5) is 0 Å². The summed E-state index contributed by atoms with van der Waals surface area (Å²) in [6.07, 6.45) is 1.24. The molecule has 6 nitrogen and oxygen atoms in total. The highest BCUT2D eigenvalue weighted by molar-refractivity contribution is 6.30. The van der Waals surface area contributed by atoms with Gasteiger partial charge in [0.25, 0.3) is 11.5 Å². The van der Waals surface area contributed by atoms with E-state index in [-0.39, 0.29) is 5.56 Å². The SMILES string of the molecule is NCCNC(=O)c1cnc(-c2ccc(Cl)cc2)[nH]c1=O. The molecule has 0 atom stereocenters. The number of hydrogen-bond donors (Lipinski definition) is 3. The highest BCUT2D eigenvalue weighted by Crippen LogP contribution is 2.16. The van der Waals surface area contributed by atoms with Crippen LogP contribution in [0.15, 0.2) is 35.3 Å². The minimum absolute atomic E-state index is 0.0452. The molecule has 0 saturated carbocycles. The third kappa shape index (κ3) is 3.23. The van der Waals surface area contributed by atoms with Crippen molar-refractivity contribution in [2.75, 3.05) is 13.1 Å². The first-order chi connectivity index (χ1) is 9.61. The molecule has 7 heteroatoms. The number of H-pyrrole nitrogens is 1. The van der Waals surface area contributed by atoms with E-state index in [0.29, 0.717) is 29.5 Å². The van der Waals surface area contributed by atoms with Gasteiger partial charge in [-0.1, -0.05) is 11.6 Å². The smallest absolute Gasteiger partial charge is 0.264 e. The fourth-order valence-corrected chi connectivity index (χ4v) is 1.72. The van der Waals surface area contributed by atoms with Crippen LogP contribution in [-0.2, 0) is 0 Å². The quantitative estimate of drug-likeness (QED) is 0.775. The maximum Gasteiger partial charge on any atom is 0.264 e. The van der Waals surface area contributed by atoms with Crippen molar-refractivity contribution in [2.24, 2.45) is 5.73 Å². The molecule has 0 saturated heterocycles. The van der Waals surface area contributed by atoms with Crippen molar-refractivity contribution in [1.29, 1.82) is 0 Å². The number of nitrogens with two attached hydrogens (primary N) is 1. The van der Waals surface area contributed by atoms with Crippen molar-refractivity contribution >= 4 is 17.5 Å². The van der Waals surface area contributed by atoms with Crippen LogP contribution < -0.4 is 16.6 Å². The van der Waals surface area contributed by atoms with Crippen molar-refractivity contribution in [3.8, 4) is 11.4 Å². The minimum atomic E-state index is -0.500. The normalized spacial score (nSPS) is 10.3. The van der Waals surface area contributed by atoms with Crippen LogP contribution in [0, 0.1) is 0 Å². The second kappa shape index (κ2) is 6.31. The highest BCUT2D eigenvalue weighted by atomic mass is 35.5. The van der Waals surface area contributed by atoms with Crippen LogP contribution in [-0.4, -0.2) is 29.0 Å². The Kier molecular flexibility index (Phi) is 4.49. The first kappa shape index (κ1) is 14.2. The minimum Gasteiger partial charge on any atom is -0.351 e. The van der Waals surface area contributed by atoms with E-state index in [9.17, 15) is 9.59 Å². The van der Waals surface area contributed by atoms with E-state index >= 15 is 0 Å². The third-order valence-corrected chi connectivity index (χ3v) is 2.84. The zero-order valence-electron chi connectivity index (χ0n) is 10.5. The molecule has 2 aromatic rings. The second-order valence-corrected chi connectivity index (χ2v) is 4.46. The first-order valence-electron chi connectivity index (χ1n) is 5.95. The molecule has 1 heterocycles. The molecular formula is C13H13ClN4O2. The van der Waals surface area contributed by atoms with Gasteiger partial charge in [0.05, 0.1) is 0 Å². The molecule has 0 spiro atoms. The van der Waals surface area contributed by atoms with Crippen molar-refractivity contribution in [3.63, 3.8) is 0 Å². The Balaban J connectivity index is 2.28. The summed E-state index contributed by atoms with van der Waals surface area (Å²) in [5.41, 5.74) is 5.44. The second-order valence-electron chi connectivity index (χ2n) is 4.03. The molecule has 0 bridgehead atoms. The lowest BCUT2D eigenvalue weighted by Gasteiger charge is -2.04. The summed E-state index contributed by atoms with van der Waals surface area (Å²) in [4.78, 5) is 30.2. The van der Waals surface area contributed by atoms with Gasteiger partial charge in [-0.2, -0.15) is 0 Å². The Morgan fingerprint density at radius 3 is 2.65 bits per heavy atom. The van der Waals surface area contributed by atoms with Crippen LogP contribution in [0.5, 0.6) is 0 Å². The van der Waals surface area contributed by atoms with Gasteiger partial charge in [-0.05, 0) is 24.3 Å². The molecular weight excluding hydrogens is 280 g/mol. The molecule has 0 radical (unpaired) electrons. The van der Waals surface area contributed by atoms with Gasteiger partial charge in [-0.25, -0.2) is 4.98 Å². The summed E-state index contributed by atoms with van der Waals surface area (Å²) in [5, 5.41) is 3.11. The molecule has 0 aliphatic carbocycles. The number of halogens is 1. The van der Waals surface area contributed by atoms with E-state index in [4.69, 9.17) is 17.3 Å². The number of benzene rings is 1. The fraction of sp³-hybridized carbons (Fsp3) is 0.154. The molecule has 1 amide bonds. The Morgan fingerprint density at radius 2 is 2.05 bits per heavy atom. The van der Waals surface area contributed by atoms with E-state index in [1.54, 1.807) is 24.3 Å². The van der Waals surface area contributed by atoms with Crippen LogP contribution in [0.25, 0.3) is 11.4 Å². The maximum absolute atomic E-state index is 11.9. The largest absolute Gasteiger partial charge is 0.351 e. The number of hydrogen-bond acceptors (Lipinski definition) is 4. The van der Waals surface area contributed by atoms with Crippen LogP contribution in [0.2, 0.25) is 5.02 Å². The predicted octanol–water partition coefficient (Wildman–Crippen LogP) is 0.779. The van der Waals surface area contributed by atoms with Gasteiger partial charge in [0.15, 0.2) is 0 Å². The number of carbonyl (C=O) groups excluding carboxylic acids is 1. The van der Waals surface area contributed by atoms with Crippen molar-refractivity contribution in [2.45, 2.75) is 0 Å². The summed E-state index contributed by atoms with van der Waals surface area (Å²) < 4.78 is 0. The van der Waals surface area contributed by atoms with E-state index in [0.717, 1.165) is 0 Å². The lowest BCUT2D eigenvalue weighted by atomic mass is 10.2. The molecule has 104 valence electrons. The third-order valence-electron chi connectivity index (χ3n) is 2.59. The predicted molar refractivity (Wildman–Crippen MR) is 76.7 cm³/mol. The molecule has 0 unspecified atom stereocenters. The van der Waals surface area contributed by atoms with Gasteiger partial charge in [0.1, 0.15) is 11.4 Å². The molecule has 0 fully saturated rings. The van der Waals surface area contributed by atoms with E-state index < -0.39 is 11.5 Å². The van der Waals surface area contributed by atoms with Gasteiger partial charge in [-0.15, -0.1) is 0 Å². The molecule has 4 N–H and O–H groups in total. The molecule has 1 aromatic carbocycles.